The van der Waals surface area contributed by atoms with Crippen molar-refractivity contribution in [1.29, 1.82) is 0 Å². The fourth-order valence-electron chi connectivity index (χ4n) is 1.47. The molecule has 0 bridgehead atoms. The van der Waals surface area contributed by atoms with Crippen LogP contribution < -0.4 is 5.73 Å². The number of alkyl halides is 3. The van der Waals surface area contributed by atoms with Gasteiger partial charge in [0.05, 0.1) is 11.8 Å². The lowest BCUT2D eigenvalue weighted by Gasteiger charge is -2.11. The SMILES string of the molecule is NCc1cc(C(F)(F)F)ccc1Sc1cnccn1. The van der Waals surface area contributed by atoms with Gasteiger partial charge in [0.2, 0.25) is 0 Å². The Morgan fingerprint density at radius 1 is 1.21 bits per heavy atom. The number of halogens is 3. The largest absolute Gasteiger partial charge is 0.416 e. The van der Waals surface area contributed by atoms with Gasteiger partial charge >= 0.3 is 6.18 Å². The highest BCUT2D eigenvalue weighted by Gasteiger charge is 2.30. The molecule has 0 aliphatic carbocycles. The molecule has 1 aromatic carbocycles. The van der Waals surface area contributed by atoms with Gasteiger partial charge in [0.25, 0.3) is 0 Å². The summed E-state index contributed by atoms with van der Waals surface area (Å²) in [5.74, 6) is 0. The van der Waals surface area contributed by atoms with Gasteiger partial charge in [-0.15, -0.1) is 0 Å². The van der Waals surface area contributed by atoms with Crippen molar-refractivity contribution in [3.05, 3.63) is 47.9 Å². The van der Waals surface area contributed by atoms with Crippen LogP contribution in [0.25, 0.3) is 0 Å². The van der Waals surface area contributed by atoms with E-state index in [1.807, 2.05) is 0 Å². The van der Waals surface area contributed by atoms with Crippen LogP contribution in [0.15, 0.2) is 46.7 Å². The van der Waals surface area contributed by atoms with Crippen molar-refractivity contribution in [2.75, 3.05) is 0 Å². The Bertz CT molecular complexity index is 558. The average molecular weight is 285 g/mol. The molecule has 1 heterocycles. The molecule has 0 unspecified atom stereocenters. The third-order valence-electron chi connectivity index (χ3n) is 2.36. The predicted octanol–water partition coefficient (Wildman–Crippen LogP) is 3.11. The van der Waals surface area contributed by atoms with Gasteiger partial charge in [-0.2, -0.15) is 13.2 Å². The van der Waals surface area contributed by atoms with Gasteiger partial charge in [-0.3, -0.25) is 4.98 Å². The van der Waals surface area contributed by atoms with Crippen LogP contribution in [0.1, 0.15) is 11.1 Å². The van der Waals surface area contributed by atoms with E-state index in [4.69, 9.17) is 5.73 Å². The molecule has 2 N–H and O–H groups in total. The normalized spacial score (nSPS) is 11.6. The standard InChI is InChI=1S/C12H10F3N3S/c13-12(14,15)9-1-2-10(8(5-9)6-16)19-11-7-17-3-4-18-11/h1-5,7H,6,16H2. The molecule has 7 heteroatoms. The molecule has 100 valence electrons. The number of nitrogens with two attached hydrogens (primary N) is 1. The molecule has 0 saturated carbocycles. The molecule has 0 atom stereocenters. The van der Waals surface area contributed by atoms with Gasteiger partial charge in [0.1, 0.15) is 5.03 Å². The van der Waals surface area contributed by atoms with Gasteiger partial charge in [0, 0.05) is 23.8 Å². The number of aromatic nitrogens is 2. The number of benzene rings is 1. The Labute approximate surface area is 112 Å². The Morgan fingerprint density at radius 2 is 2.00 bits per heavy atom. The minimum absolute atomic E-state index is 0.0342. The van der Waals surface area contributed by atoms with E-state index in [2.05, 4.69) is 9.97 Å². The highest BCUT2D eigenvalue weighted by Crippen LogP contribution is 2.34. The lowest BCUT2D eigenvalue weighted by atomic mass is 10.1. The molecule has 0 fully saturated rings. The second kappa shape index (κ2) is 5.58. The van der Waals surface area contributed by atoms with E-state index in [1.165, 1.54) is 30.2 Å². The summed E-state index contributed by atoms with van der Waals surface area (Å²) in [6.07, 6.45) is 0.234. The number of rotatable bonds is 3. The van der Waals surface area contributed by atoms with E-state index in [1.54, 1.807) is 6.20 Å². The van der Waals surface area contributed by atoms with Crippen molar-refractivity contribution in [1.82, 2.24) is 9.97 Å². The molecule has 0 aliphatic rings. The number of hydrogen-bond acceptors (Lipinski definition) is 4. The number of nitrogens with zero attached hydrogens (tertiary/aromatic N) is 2. The zero-order chi connectivity index (χ0) is 13.9. The summed E-state index contributed by atoms with van der Waals surface area (Å²) in [6, 6.07) is 3.51. The van der Waals surface area contributed by atoms with E-state index in [-0.39, 0.29) is 6.54 Å². The van der Waals surface area contributed by atoms with E-state index >= 15 is 0 Å². The maximum atomic E-state index is 12.6. The summed E-state index contributed by atoms with van der Waals surface area (Å²) in [6.45, 7) is 0.0342. The average Bonchev–Trinajstić information content (AvgIpc) is 2.39. The summed E-state index contributed by atoms with van der Waals surface area (Å²) in [4.78, 5) is 8.61. The van der Waals surface area contributed by atoms with E-state index < -0.39 is 11.7 Å². The molecule has 0 aliphatic heterocycles. The molecule has 0 radical (unpaired) electrons. The van der Waals surface area contributed by atoms with Crippen LogP contribution in [0.5, 0.6) is 0 Å². The third kappa shape index (κ3) is 3.45. The summed E-state index contributed by atoms with van der Waals surface area (Å²) >= 11 is 1.24. The lowest BCUT2D eigenvalue weighted by molar-refractivity contribution is -0.137. The first kappa shape index (κ1) is 13.8. The van der Waals surface area contributed by atoms with Gasteiger partial charge < -0.3 is 5.73 Å². The fourth-order valence-corrected chi connectivity index (χ4v) is 2.33. The van der Waals surface area contributed by atoms with Gasteiger partial charge in [0.15, 0.2) is 0 Å². The first-order valence-corrected chi connectivity index (χ1v) is 6.16. The highest BCUT2D eigenvalue weighted by atomic mass is 32.2. The molecule has 1 aromatic heterocycles. The molecule has 2 aromatic rings. The zero-order valence-corrected chi connectivity index (χ0v) is 10.5. The van der Waals surface area contributed by atoms with Crippen LogP contribution in [0.4, 0.5) is 13.2 Å². The van der Waals surface area contributed by atoms with E-state index in [0.717, 1.165) is 12.1 Å². The second-order valence-electron chi connectivity index (χ2n) is 3.67. The van der Waals surface area contributed by atoms with Crippen LogP contribution >= 0.6 is 11.8 Å². The van der Waals surface area contributed by atoms with Crippen molar-refractivity contribution in [3.8, 4) is 0 Å². The number of hydrogen-bond donors (Lipinski definition) is 1. The van der Waals surface area contributed by atoms with E-state index in [9.17, 15) is 13.2 Å². The molecule has 0 spiro atoms. The highest BCUT2D eigenvalue weighted by molar-refractivity contribution is 7.99. The van der Waals surface area contributed by atoms with Crippen LogP contribution in [-0.4, -0.2) is 9.97 Å². The van der Waals surface area contributed by atoms with Crippen molar-refractivity contribution in [2.24, 2.45) is 5.73 Å². The van der Waals surface area contributed by atoms with Gasteiger partial charge in [-0.05, 0) is 23.8 Å². The molecule has 0 amide bonds. The quantitative estimate of drug-likeness (QED) is 0.941. The van der Waals surface area contributed by atoms with Crippen LogP contribution in [-0.2, 0) is 12.7 Å². The lowest BCUT2D eigenvalue weighted by Crippen LogP contribution is -2.07. The first-order valence-electron chi connectivity index (χ1n) is 5.35. The van der Waals surface area contributed by atoms with Crippen molar-refractivity contribution in [3.63, 3.8) is 0 Å². The monoisotopic (exact) mass is 285 g/mol. The topological polar surface area (TPSA) is 51.8 Å². The van der Waals surface area contributed by atoms with Gasteiger partial charge in [-0.25, -0.2) is 4.98 Å². The van der Waals surface area contributed by atoms with Gasteiger partial charge in [-0.1, -0.05) is 11.8 Å². The summed E-state index contributed by atoms with van der Waals surface area (Å²) in [7, 11) is 0. The Morgan fingerprint density at radius 3 is 2.58 bits per heavy atom. The first-order chi connectivity index (χ1) is 9.00. The van der Waals surface area contributed by atoms with Crippen molar-refractivity contribution < 1.29 is 13.2 Å². The van der Waals surface area contributed by atoms with Crippen LogP contribution in [0, 0.1) is 0 Å². The van der Waals surface area contributed by atoms with Crippen molar-refractivity contribution >= 4 is 11.8 Å². The summed E-state index contributed by atoms with van der Waals surface area (Å²) in [5, 5.41) is 0.608. The molecule has 3 nitrogen and oxygen atoms in total. The maximum Gasteiger partial charge on any atom is 0.416 e. The fraction of sp³-hybridized carbons (Fsp3) is 0.167. The zero-order valence-electron chi connectivity index (χ0n) is 9.69. The molecule has 19 heavy (non-hydrogen) atoms. The molecular formula is C12H10F3N3S. The smallest absolute Gasteiger partial charge is 0.326 e. The van der Waals surface area contributed by atoms with Crippen molar-refractivity contribution in [2.45, 2.75) is 22.6 Å². The minimum atomic E-state index is -4.36. The van der Waals surface area contributed by atoms with Crippen LogP contribution in [0.3, 0.4) is 0 Å². The molecular weight excluding hydrogens is 275 g/mol. The Kier molecular flexibility index (Phi) is 4.06. The summed E-state index contributed by atoms with van der Waals surface area (Å²) < 4.78 is 37.8. The predicted molar refractivity (Wildman–Crippen MR) is 65.5 cm³/mol. The minimum Gasteiger partial charge on any atom is -0.326 e. The second-order valence-corrected chi connectivity index (χ2v) is 4.73. The van der Waals surface area contributed by atoms with E-state index in [0.29, 0.717) is 15.5 Å². The Hall–Kier alpha value is -1.60. The molecule has 2 rings (SSSR count). The summed E-state index contributed by atoms with van der Waals surface area (Å²) in [5.41, 5.74) is 5.24. The van der Waals surface area contributed by atoms with Crippen LogP contribution in [0.2, 0.25) is 0 Å². The maximum absolute atomic E-state index is 12.6. The third-order valence-corrected chi connectivity index (χ3v) is 3.40. The Balaban J connectivity index is 2.32. The molecule has 0 saturated heterocycles.